The quantitative estimate of drug-likeness (QED) is 0.701. The Bertz CT molecular complexity index is 174. The van der Waals surface area contributed by atoms with Gasteiger partial charge in [-0.25, -0.2) is 0 Å². The highest BCUT2D eigenvalue weighted by Crippen LogP contribution is 2.16. The Morgan fingerprint density at radius 2 is 2.36 bits per heavy atom. The van der Waals surface area contributed by atoms with Crippen LogP contribution in [0.2, 0.25) is 0 Å². The standard InChI is InChI=1S/C11H21NO2/c1-9(2)14-11(13)6-5-10-4-3-7-12-8-10/h9-10,12H,3-8H2,1-2H3. The Kier molecular flexibility index (Phi) is 4.94. The molecular weight excluding hydrogens is 178 g/mol. The molecule has 0 aliphatic carbocycles. The van der Waals surface area contributed by atoms with E-state index in [-0.39, 0.29) is 12.1 Å². The summed E-state index contributed by atoms with van der Waals surface area (Å²) in [6, 6.07) is 0. The van der Waals surface area contributed by atoms with E-state index in [0.29, 0.717) is 12.3 Å². The molecule has 1 unspecified atom stereocenters. The second-order valence-corrected chi connectivity index (χ2v) is 4.29. The van der Waals surface area contributed by atoms with Crippen molar-refractivity contribution < 1.29 is 9.53 Å². The smallest absolute Gasteiger partial charge is 0.306 e. The molecule has 0 aromatic rings. The molecule has 0 bridgehead atoms. The lowest BCUT2D eigenvalue weighted by molar-refractivity contribution is -0.147. The van der Waals surface area contributed by atoms with Gasteiger partial charge >= 0.3 is 5.97 Å². The van der Waals surface area contributed by atoms with E-state index in [2.05, 4.69) is 5.32 Å². The molecule has 0 aromatic heterocycles. The summed E-state index contributed by atoms with van der Waals surface area (Å²) in [5, 5.41) is 3.35. The first kappa shape index (κ1) is 11.5. The summed E-state index contributed by atoms with van der Waals surface area (Å²) in [5.74, 6) is 0.619. The fourth-order valence-electron chi connectivity index (χ4n) is 1.81. The van der Waals surface area contributed by atoms with E-state index >= 15 is 0 Å². The van der Waals surface area contributed by atoms with Crippen molar-refractivity contribution in [2.75, 3.05) is 13.1 Å². The highest BCUT2D eigenvalue weighted by Gasteiger charge is 2.15. The number of esters is 1. The van der Waals surface area contributed by atoms with Crippen molar-refractivity contribution in [2.24, 2.45) is 5.92 Å². The van der Waals surface area contributed by atoms with Gasteiger partial charge in [-0.2, -0.15) is 0 Å². The Hall–Kier alpha value is -0.570. The lowest BCUT2D eigenvalue weighted by Gasteiger charge is -2.22. The van der Waals surface area contributed by atoms with Crippen molar-refractivity contribution in [1.82, 2.24) is 5.32 Å². The summed E-state index contributed by atoms with van der Waals surface area (Å²) >= 11 is 0. The number of rotatable bonds is 4. The average Bonchev–Trinajstić information content (AvgIpc) is 2.15. The molecule has 1 N–H and O–H groups in total. The topological polar surface area (TPSA) is 38.3 Å². The third kappa shape index (κ3) is 4.61. The van der Waals surface area contributed by atoms with Gasteiger partial charge in [0.2, 0.25) is 0 Å². The summed E-state index contributed by atoms with van der Waals surface area (Å²) in [6.07, 6.45) is 4.06. The fourth-order valence-corrected chi connectivity index (χ4v) is 1.81. The third-order valence-electron chi connectivity index (χ3n) is 2.52. The lowest BCUT2D eigenvalue weighted by Crippen LogP contribution is -2.30. The maximum absolute atomic E-state index is 11.3. The van der Waals surface area contributed by atoms with Crippen molar-refractivity contribution in [3.8, 4) is 0 Å². The first-order valence-electron chi connectivity index (χ1n) is 5.58. The molecule has 0 amide bonds. The van der Waals surface area contributed by atoms with Crippen LogP contribution in [-0.4, -0.2) is 25.2 Å². The Balaban J connectivity index is 2.09. The molecule has 1 fully saturated rings. The van der Waals surface area contributed by atoms with Crippen LogP contribution in [0.25, 0.3) is 0 Å². The molecule has 0 spiro atoms. The van der Waals surface area contributed by atoms with Crippen LogP contribution in [0.4, 0.5) is 0 Å². The van der Waals surface area contributed by atoms with Gasteiger partial charge in [-0.1, -0.05) is 0 Å². The minimum atomic E-state index is -0.0504. The van der Waals surface area contributed by atoms with Gasteiger partial charge in [0.25, 0.3) is 0 Å². The van der Waals surface area contributed by atoms with Crippen molar-refractivity contribution in [3.63, 3.8) is 0 Å². The maximum Gasteiger partial charge on any atom is 0.306 e. The second kappa shape index (κ2) is 6.02. The zero-order chi connectivity index (χ0) is 10.4. The van der Waals surface area contributed by atoms with Gasteiger partial charge in [0.15, 0.2) is 0 Å². The first-order chi connectivity index (χ1) is 6.68. The Morgan fingerprint density at radius 3 is 2.93 bits per heavy atom. The molecule has 3 nitrogen and oxygen atoms in total. The fraction of sp³-hybridized carbons (Fsp3) is 0.909. The predicted molar refractivity (Wildman–Crippen MR) is 56.1 cm³/mol. The summed E-state index contributed by atoms with van der Waals surface area (Å²) < 4.78 is 5.08. The van der Waals surface area contributed by atoms with Crippen molar-refractivity contribution >= 4 is 5.97 Å². The number of ether oxygens (including phenoxy) is 1. The first-order valence-corrected chi connectivity index (χ1v) is 5.58. The zero-order valence-electron chi connectivity index (χ0n) is 9.21. The molecule has 3 heteroatoms. The van der Waals surface area contributed by atoms with Crippen LogP contribution in [0, 0.1) is 5.92 Å². The van der Waals surface area contributed by atoms with Crippen LogP contribution in [0.15, 0.2) is 0 Å². The third-order valence-corrected chi connectivity index (χ3v) is 2.52. The van der Waals surface area contributed by atoms with E-state index in [4.69, 9.17) is 4.74 Å². The van der Waals surface area contributed by atoms with E-state index in [9.17, 15) is 4.79 Å². The molecule has 0 aromatic carbocycles. The molecule has 0 saturated carbocycles. The predicted octanol–water partition coefficient (Wildman–Crippen LogP) is 1.72. The molecule has 1 rings (SSSR count). The summed E-state index contributed by atoms with van der Waals surface area (Å²) in [6.45, 7) is 5.97. The van der Waals surface area contributed by atoms with E-state index in [1.165, 1.54) is 12.8 Å². The van der Waals surface area contributed by atoms with Crippen LogP contribution < -0.4 is 5.32 Å². The monoisotopic (exact) mass is 199 g/mol. The van der Waals surface area contributed by atoms with Gasteiger partial charge < -0.3 is 10.1 Å². The van der Waals surface area contributed by atoms with Crippen LogP contribution in [0.3, 0.4) is 0 Å². The van der Waals surface area contributed by atoms with Gasteiger partial charge in [0.1, 0.15) is 0 Å². The van der Waals surface area contributed by atoms with E-state index in [0.717, 1.165) is 19.5 Å². The van der Waals surface area contributed by atoms with E-state index < -0.39 is 0 Å². The maximum atomic E-state index is 11.3. The van der Waals surface area contributed by atoms with Gasteiger partial charge in [0.05, 0.1) is 6.10 Å². The molecule has 1 aliphatic heterocycles. The minimum Gasteiger partial charge on any atom is -0.463 e. The van der Waals surface area contributed by atoms with Crippen LogP contribution in [0.1, 0.15) is 39.5 Å². The molecule has 1 heterocycles. The number of carbonyl (C=O) groups excluding carboxylic acids is 1. The molecule has 1 aliphatic rings. The normalized spacial score (nSPS) is 22.4. The molecule has 1 saturated heterocycles. The highest BCUT2D eigenvalue weighted by molar-refractivity contribution is 5.69. The van der Waals surface area contributed by atoms with Crippen molar-refractivity contribution in [3.05, 3.63) is 0 Å². The SMILES string of the molecule is CC(C)OC(=O)CCC1CCCNC1. The molecular formula is C11H21NO2. The molecule has 0 radical (unpaired) electrons. The lowest BCUT2D eigenvalue weighted by atomic mass is 9.95. The van der Waals surface area contributed by atoms with Crippen LogP contribution >= 0.6 is 0 Å². The second-order valence-electron chi connectivity index (χ2n) is 4.29. The van der Waals surface area contributed by atoms with E-state index in [1.807, 2.05) is 13.8 Å². The average molecular weight is 199 g/mol. The largest absolute Gasteiger partial charge is 0.463 e. The van der Waals surface area contributed by atoms with Crippen LogP contribution in [0.5, 0.6) is 0 Å². The number of piperidine rings is 1. The Morgan fingerprint density at radius 1 is 1.57 bits per heavy atom. The highest BCUT2D eigenvalue weighted by atomic mass is 16.5. The van der Waals surface area contributed by atoms with E-state index in [1.54, 1.807) is 0 Å². The minimum absolute atomic E-state index is 0.0204. The Labute approximate surface area is 86.2 Å². The summed E-state index contributed by atoms with van der Waals surface area (Å²) in [5.41, 5.74) is 0. The van der Waals surface area contributed by atoms with Crippen molar-refractivity contribution in [1.29, 1.82) is 0 Å². The van der Waals surface area contributed by atoms with Gasteiger partial charge in [-0.15, -0.1) is 0 Å². The summed E-state index contributed by atoms with van der Waals surface area (Å²) in [4.78, 5) is 11.3. The zero-order valence-corrected chi connectivity index (χ0v) is 9.21. The number of hydrogen-bond acceptors (Lipinski definition) is 3. The molecule has 1 atom stereocenters. The van der Waals surface area contributed by atoms with Gasteiger partial charge in [0, 0.05) is 6.42 Å². The van der Waals surface area contributed by atoms with Gasteiger partial charge in [-0.05, 0) is 52.1 Å². The van der Waals surface area contributed by atoms with Crippen LogP contribution in [-0.2, 0) is 9.53 Å². The summed E-state index contributed by atoms with van der Waals surface area (Å²) in [7, 11) is 0. The number of hydrogen-bond donors (Lipinski definition) is 1. The van der Waals surface area contributed by atoms with Gasteiger partial charge in [-0.3, -0.25) is 4.79 Å². The number of carbonyl (C=O) groups is 1. The number of nitrogens with one attached hydrogen (secondary N) is 1. The molecule has 14 heavy (non-hydrogen) atoms. The van der Waals surface area contributed by atoms with Crippen molar-refractivity contribution in [2.45, 2.75) is 45.6 Å². The molecule has 82 valence electrons.